The second-order valence-electron chi connectivity index (χ2n) is 6.66. The Morgan fingerprint density at radius 2 is 1.91 bits per heavy atom. The number of aromatic nitrogens is 5. The number of nitrogens with one attached hydrogen (secondary N) is 1. The number of nitrogens with zero attached hydrogens (tertiary/aromatic N) is 4. The molecule has 0 aliphatic carbocycles. The van der Waals surface area contributed by atoms with Crippen molar-refractivity contribution in [2.75, 3.05) is 5.73 Å². The molecule has 0 radical (unpaired) electrons. The Hall–Kier alpha value is -2.89. The quantitative estimate of drug-likeness (QED) is 0.565. The van der Waals surface area contributed by atoms with Crippen LogP contribution < -0.4 is 5.73 Å². The second-order valence-corrected chi connectivity index (χ2v) is 6.66. The van der Waals surface area contributed by atoms with Gasteiger partial charge in [-0.15, -0.1) is 0 Å². The fraction of sp³-hybridized carbons (Fsp3) is 0.235. The van der Waals surface area contributed by atoms with Crippen molar-refractivity contribution in [3.05, 3.63) is 36.7 Å². The van der Waals surface area contributed by atoms with Crippen LogP contribution in [0, 0.1) is 0 Å². The lowest BCUT2D eigenvalue weighted by Gasteiger charge is -2.19. The van der Waals surface area contributed by atoms with E-state index in [2.05, 4.69) is 47.9 Å². The fourth-order valence-electron chi connectivity index (χ4n) is 2.83. The lowest BCUT2D eigenvalue weighted by Crippen LogP contribution is -2.23. The van der Waals surface area contributed by atoms with Crippen molar-refractivity contribution in [2.24, 2.45) is 0 Å². The summed E-state index contributed by atoms with van der Waals surface area (Å²) < 4.78 is 1.90. The number of nitrogen functional groups attached to an aromatic ring is 1. The molecule has 3 N–H and O–H groups in total. The van der Waals surface area contributed by atoms with Gasteiger partial charge in [0.2, 0.25) is 0 Å². The normalized spacial score (nSPS) is 12.3. The van der Waals surface area contributed by atoms with Crippen molar-refractivity contribution in [1.29, 1.82) is 0 Å². The summed E-state index contributed by atoms with van der Waals surface area (Å²) in [7, 11) is 0. The van der Waals surface area contributed by atoms with Crippen molar-refractivity contribution in [3.8, 4) is 11.4 Å². The molecule has 116 valence electrons. The van der Waals surface area contributed by atoms with Crippen LogP contribution in [0.4, 0.5) is 5.82 Å². The van der Waals surface area contributed by atoms with Gasteiger partial charge in [0.15, 0.2) is 5.65 Å². The van der Waals surface area contributed by atoms with Crippen LogP contribution in [0.5, 0.6) is 0 Å². The van der Waals surface area contributed by atoms with Crippen molar-refractivity contribution in [1.82, 2.24) is 24.7 Å². The Morgan fingerprint density at radius 1 is 1.13 bits per heavy atom. The molecule has 0 unspecified atom stereocenters. The summed E-state index contributed by atoms with van der Waals surface area (Å²) in [6.45, 7) is 6.27. The number of fused-ring (bicyclic) bond motifs is 2. The molecule has 1 aromatic carbocycles. The molecule has 0 bridgehead atoms. The Bertz CT molecular complexity index is 986. The summed E-state index contributed by atoms with van der Waals surface area (Å²) in [6.07, 6.45) is 1.48. The number of rotatable bonds is 1. The maximum Gasteiger partial charge on any atom is 0.164 e. The van der Waals surface area contributed by atoms with Crippen LogP contribution in [0.15, 0.2) is 36.7 Å². The van der Waals surface area contributed by atoms with Crippen molar-refractivity contribution in [3.63, 3.8) is 0 Å². The molecule has 4 aromatic rings. The smallest absolute Gasteiger partial charge is 0.164 e. The predicted octanol–water partition coefficient (Wildman–Crippen LogP) is 3.31. The molecule has 0 aliphatic heterocycles. The average molecular weight is 306 g/mol. The van der Waals surface area contributed by atoms with Gasteiger partial charge in [-0.05, 0) is 32.9 Å². The van der Waals surface area contributed by atoms with E-state index >= 15 is 0 Å². The maximum atomic E-state index is 6.13. The first-order valence-electron chi connectivity index (χ1n) is 7.53. The van der Waals surface area contributed by atoms with Gasteiger partial charge in [0.05, 0.1) is 16.6 Å². The molecule has 4 rings (SSSR count). The summed E-state index contributed by atoms with van der Waals surface area (Å²) in [6, 6.07) is 10.2. The van der Waals surface area contributed by atoms with Crippen LogP contribution in [0.25, 0.3) is 33.3 Å². The van der Waals surface area contributed by atoms with E-state index in [0.717, 1.165) is 33.3 Å². The summed E-state index contributed by atoms with van der Waals surface area (Å²) in [5.74, 6) is 0.444. The number of H-pyrrole nitrogens is 1. The number of hydrogen-bond acceptors (Lipinski definition) is 4. The van der Waals surface area contributed by atoms with Crippen LogP contribution in [-0.2, 0) is 5.54 Å². The summed E-state index contributed by atoms with van der Waals surface area (Å²) in [4.78, 5) is 12.0. The van der Waals surface area contributed by atoms with E-state index < -0.39 is 0 Å². The lowest BCUT2D eigenvalue weighted by molar-refractivity contribution is 0.366. The third-order valence-electron chi connectivity index (χ3n) is 3.91. The minimum atomic E-state index is -0.205. The van der Waals surface area contributed by atoms with E-state index in [0.29, 0.717) is 5.82 Å². The molecule has 0 saturated carbocycles. The summed E-state index contributed by atoms with van der Waals surface area (Å²) in [5, 5.41) is 6.71. The Kier molecular flexibility index (Phi) is 2.72. The van der Waals surface area contributed by atoms with E-state index in [4.69, 9.17) is 10.8 Å². The Morgan fingerprint density at radius 3 is 2.65 bits per heavy atom. The van der Waals surface area contributed by atoms with Crippen molar-refractivity contribution in [2.45, 2.75) is 26.3 Å². The highest BCUT2D eigenvalue weighted by atomic mass is 15.3. The van der Waals surface area contributed by atoms with Gasteiger partial charge in [-0.3, -0.25) is 0 Å². The first-order chi connectivity index (χ1) is 10.9. The van der Waals surface area contributed by atoms with Gasteiger partial charge < -0.3 is 10.7 Å². The number of nitrogens with two attached hydrogens (primary N) is 1. The SMILES string of the molecule is CC(C)(C)n1nc(-c2cc3ccccc3[nH]2)c2c(N)ncnc21. The first-order valence-corrected chi connectivity index (χ1v) is 7.53. The largest absolute Gasteiger partial charge is 0.383 e. The lowest BCUT2D eigenvalue weighted by atomic mass is 10.1. The zero-order valence-corrected chi connectivity index (χ0v) is 13.3. The van der Waals surface area contributed by atoms with Crippen molar-refractivity contribution >= 4 is 27.8 Å². The van der Waals surface area contributed by atoms with E-state index in [-0.39, 0.29) is 5.54 Å². The molecular weight excluding hydrogens is 288 g/mol. The Balaban J connectivity index is 2.07. The topological polar surface area (TPSA) is 85.4 Å². The molecule has 6 nitrogen and oxygen atoms in total. The van der Waals surface area contributed by atoms with Crippen molar-refractivity contribution < 1.29 is 0 Å². The van der Waals surface area contributed by atoms with E-state index in [1.165, 1.54) is 6.33 Å². The molecule has 6 heteroatoms. The standard InChI is InChI=1S/C17H18N6/c1-17(2,3)23-16-13(15(18)19-9-20-16)14(22-23)12-8-10-6-4-5-7-11(10)21-12/h4-9,21H,1-3H3,(H2,18,19,20). The molecule has 0 fully saturated rings. The zero-order valence-electron chi connectivity index (χ0n) is 13.3. The van der Waals surface area contributed by atoms with E-state index in [1.807, 2.05) is 22.9 Å². The highest BCUT2D eigenvalue weighted by Crippen LogP contribution is 2.33. The van der Waals surface area contributed by atoms with Gasteiger partial charge in [-0.2, -0.15) is 5.10 Å². The Labute approximate surface area is 133 Å². The second kappa shape index (κ2) is 4.55. The number of para-hydroxylation sites is 1. The number of aromatic amines is 1. The van der Waals surface area contributed by atoms with Gasteiger partial charge in [0, 0.05) is 10.9 Å². The third kappa shape index (κ3) is 2.06. The summed E-state index contributed by atoms with van der Waals surface area (Å²) in [5.41, 5.74) is 9.44. The fourth-order valence-corrected chi connectivity index (χ4v) is 2.83. The zero-order chi connectivity index (χ0) is 16.2. The highest BCUT2D eigenvalue weighted by molar-refractivity contribution is 5.99. The predicted molar refractivity (Wildman–Crippen MR) is 92.0 cm³/mol. The minimum absolute atomic E-state index is 0.205. The molecule has 0 atom stereocenters. The minimum Gasteiger partial charge on any atom is -0.383 e. The average Bonchev–Trinajstić information content (AvgIpc) is 3.08. The van der Waals surface area contributed by atoms with Gasteiger partial charge in [0.1, 0.15) is 17.8 Å². The molecule has 0 spiro atoms. The van der Waals surface area contributed by atoms with Gasteiger partial charge >= 0.3 is 0 Å². The summed E-state index contributed by atoms with van der Waals surface area (Å²) >= 11 is 0. The monoisotopic (exact) mass is 306 g/mol. The molecule has 0 saturated heterocycles. The number of hydrogen-bond donors (Lipinski definition) is 2. The third-order valence-corrected chi connectivity index (χ3v) is 3.91. The number of anilines is 1. The molecule has 0 amide bonds. The van der Waals surface area contributed by atoms with Crippen LogP contribution >= 0.6 is 0 Å². The maximum absolute atomic E-state index is 6.13. The van der Waals surface area contributed by atoms with Gasteiger partial charge in [-0.25, -0.2) is 14.6 Å². The highest BCUT2D eigenvalue weighted by Gasteiger charge is 2.24. The van der Waals surface area contributed by atoms with Gasteiger partial charge in [-0.1, -0.05) is 18.2 Å². The van der Waals surface area contributed by atoms with Crippen LogP contribution in [-0.4, -0.2) is 24.7 Å². The molecule has 23 heavy (non-hydrogen) atoms. The van der Waals surface area contributed by atoms with E-state index in [9.17, 15) is 0 Å². The molecule has 0 aliphatic rings. The van der Waals surface area contributed by atoms with Gasteiger partial charge in [0.25, 0.3) is 0 Å². The van der Waals surface area contributed by atoms with Crippen LogP contribution in [0.3, 0.4) is 0 Å². The molecule has 3 aromatic heterocycles. The molecule has 3 heterocycles. The van der Waals surface area contributed by atoms with E-state index in [1.54, 1.807) is 0 Å². The van der Waals surface area contributed by atoms with Crippen LogP contribution in [0.2, 0.25) is 0 Å². The first kappa shape index (κ1) is 13.8. The molecular formula is C17H18N6. The number of benzene rings is 1. The van der Waals surface area contributed by atoms with Crippen LogP contribution in [0.1, 0.15) is 20.8 Å².